The van der Waals surface area contributed by atoms with Crippen LogP contribution in [0.2, 0.25) is 20.1 Å². The number of benzene rings is 3. The first kappa shape index (κ1) is 29.2. The molecule has 40 heavy (non-hydrogen) atoms. The van der Waals surface area contributed by atoms with Crippen molar-refractivity contribution in [3.8, 4) is 0 Å². The van der Waals surface area contributed by atoms with Crippen molar-refractivity contribution < 1.29 is 9.59 Å². The van der Waals surface area contributed by atoms with Gasteiger partial charge < -0.3 is 9.80 Å². The number of carbonyl (C=O) groups is 2. The van der Waals surface area contributed by atoms with Crippen LogP contribution in [0.4, 0.5) is 0 Å². The highest BCUT2D eigenvalue weighted by molar-refractivity contribution is 6.42. The monoisotopic (exact) mass is 617 g/mol. The summed E-state index contributed by atoms with van der Waals surface area (Å²) in [6, 6.07) is 20.4. The van der Waals surface area contributed by atoms with Gasteiger partial charge in [0.1, 0.15) is 0 Å². The van der Waals surface area contributed by atoms with Crippen molar-refractivity contribution in [2.45, 2.75) is 31.8 Å². The average molecular weight is 619 g/mol. The number of piperazine rings is 1. The lowest BCUT2D eigenvalue weighted by Gasteiger charge is -2.42. The third-order valence-electron chi connectivity index (χ3n) is 7.85. The molecule has 5 nitrogen and oxygen atoms in total. The Balaban J connectivity index is 1.27. The number of amides is 2. The molecule has 0 spiro atoms. The lowest BCUT2D eigenvalue weighted by molar-refractivity contribution is -0.137. The van der Waals surface area contributed by atoms with Crippen molar-refractivity contribution in [2.75, 3.05) is 32.7 Å². The van der Waals surface area contributed by atoms with Crippen molar-refractivity contribution in [3.05, 3.63) is 104 Å². The maximum atomic E-state index is 13.7. The molecule has 0 saturated carbocycles. The van der Waals surface area contributed by atoms with Gasteiger partial charge in [0.2, 0.25) is 5.91 Å². The molecule has 3 aromatic rings. The van der Waals surface area contributed by atoms with E-state index in [1.165, 1.54) is 5.56 Å². The van der Waals surface area contributed by atoms with E-state index in [4.69, 9.17) is 46.4 Å². The number of rotatable bonds is 6. The molecule has 2 saturated heterocycles. The van der Waals surface area contributed by atoms with E-state index >= 15 is 0 Å². The van der Waals surface area contributed by atoms with Crippen molar-refractivity contribution >= 4 is 58.2 Å². The van der Waals surface area contributed by atoms with E-state index in [1.807, 2.05) is 17.0 Å². The Bertz CT molecular complexity index is 1340. The van der Waals surface area contributed by atoms with E-state index in [9.17, 15) is 9.59 Å². The van der Waals surface area contributed by atoms with Gasteiger partial charge >= 0.3 is 0 Å². The van der Waals surface area contributed by atoms with Crippen LogP contribution in [0.15, 0.2) is 66.7 Å². The van der Waals surface area contributed by atoms with E-state index in [1.54, 1.807) is 35.2 Å². The molecule has 0 N–H and O–H groups in total. The van der Waals surface area contributed by atoms with Crippen LogP contribution in [0, 0.1) is 5.92 Å². The molecule has 2 amide bonds. The Morgan fingerprint density at radius 3 is 2.15 bits per heavy atom. The van der Waals surface area contributed by atoms with Crippen molar-refractivity contribution in [1.82, 2.24) is 14.7 Å². The predicted octanol–water partition coefficient (Wildman–Crippen LogP) is 7.63. The summed E-state index contributed by atoms with van der Waals surface area (Å²) >= 11 is 24.9. The van der Waals surface area contributed by atoms with E-state index in [0.29, 0.717) is 57.6 Å². The predicted molar refractivity (Wildman–Crippen MR) is 162 cm³/mol. The van der Waals surface area contributed by atoms with Gasteiger partial charge in [0, 0.05) is 48.2 Å². The molecular weight excluding hydrogens is 588 g/mol. The molecule has 3 aromatic carbocycles. The second kappa shape index (κ2) is 13.1. The van der Waals surface area contributed by atoms with Crippen LogP contribution in [0.3, 0.4) is 0 Å². The summed E-state index contributed by atoms with van der Waals surface area (Å²) in [7, 11) is 0. The zero-order valence-corrected chi connectivity index (χ0v) is 25.1. The van der Waals surface area contributed by atoms with Crippen LogP contribution in [0.5, 0.6) is 0 Å². The van der Waals surface area contributed by atoms with Crippen LogP contribution in [0.25, 0.3) is 0 Å². The molecule has 5 rings (SSSR count). The van der Waals surface area contributed by atoms with Crippen molar-refractivity contribution in [2.24, 2.45) is 5.92 Å². The zero-order chi connectivity index (χ0) is 28.2. The average Bonchev–Trinajstić information content (AvgIpc) is 2.95. The Morgan fingerprint density at radius 2 is 1.48 bits per heavy atom. The third-order valence-corrected chi connectivity index (χ3v) is 9.02. The van der Waals surface area contributed by atoms with Crippen molar-refractivity contribution in [1.29, 1.82) is 0 Å². The summed E-state index contributed by atoms with van der Waals surface area (Å²) in [5.41, 5.74) is 2.59. The van der Waals surface area contributed by atoms with E-state index in [0.717, 1.165) is 38.0 Å². The minimum Gasteiger partial charge on any atom is -0.334 e. The molecule has 2 fully saturated rings. The molecule has 2 aliphatic heterocycles. The Kier molecular flexibility index (Phi) is 9.60. The second-order valence-corrected chi connectivity index (χ2v) is 12.3. The summed E-state index contributed by atoms with van der Waals surface area (Å²) < 4.78 is 0. The zero-order valence-electron chi connectivity index (χ0n) is 22.0. The molecule has 2 heterocycles. The smallest absolute Gasteiger partial charge is 0.254 e. The first-order valence-electron chi connectivity index (χ1n) is 13.5. The highest BCUT2D eigenvalue weighted by atomic mass is 35.5. The number of hydrogen-bond acceptors (Lipinski definition) is 3. The standard InChI is InChI=1S/C31H31Cl4N3O2/c32-25-15-24(16-26(33)18-25)31(40)37-12-13-38(29(20-37)23-6-7-27(34)28(35)17-23)30(39)14-21-8-10-36(11-9-21)19-22-4-2-1-3-5-22/h1-7,15-18,21,29H,8-14,19-20H2. The van der Waals surface area contributed by atoms with Gasteiger partial charge in [-0.3, -0.25) is 14.5 Å². The number of carbonyl (C=O) groups excluding carboxylic acids is 2. The number of hydrogen-bond donors (Lipinski definition) is 0. The van der Waals surface area contributed by atoms with Crippen LogP contribution in [0.1, 0.15) is 46.8 Å². The number of nitrogens with zero attached hydrogens (tertiary/aromatic N) is 3. The van der Waals surface area contributed by atoms with Crippen LogP contribution >= 0.6 is 46.4 Å². The lowest BCUT2D eigenvalue weighted by atomic mass is 9.91. The fourth-order valence-corrected chi connectivity index (χ4v) is 6.52. The maximum absolute atomic E-state index is 13.7. The maximum Gasteiger partial charge on any atom is 0.254 e. The molecule has 1 unspecified atom stereocenters. The van der Waals surface area contributed by atoms with Gasteiger partial charge in [-0.1, -0.05) is 82.8 Å². The molecule has 2 aliphatic rings. The first-order chi connectivity index (χ1) is 19.3. The highest BCUT2D eigenvalue weighted by Crippen LogP contribution is 2.33. The molecule has 1 atom stereocenters. The summed E-state index contributed by atoms with van der Waals surface area (Å²) in [6.07, 6.45) is 2.48. The summed E-state index contributed by atoms with van der Waals surface area (Å²) in [5.74, 6) is 0.269. The number of halogens is 4. The largest absolute Gasteiger partial charge is 0.334 e. The van der Waals surface area contributed by atoms with E-state index in [-0.39, 0.29) is 17.9 Å². The molecule has 0 bridgehead atoms. The topological polar surface area (TPSA) is 43.9 Å². The minimum absolute atomic E-state index is 0.107. The van der Waals surface area contributed by atoms with Gasteiger partial charge in [-0.2, -0.15) is 0 Å². The summed E-state index contributed by atoms with van der Waals surface area (Å²) in [4.78, 5) is 33.3. The summed E-state index contributed by atoms with van der Waals surface area (Å²) in [6.45, 7) is 4.08. The van der Waals surface area contributed by atoms with Crippen molar-refractivity contribution in [3.63, 3.8) is 0 Å². The first-order valence-corrected chi connectivity index (χ1v) is 15.0. The van der Waals surface area contributed by atoms with Crippen LogP contribution in [-0.4, -0.2) is 59.2 Å². The van der Waals surface area contributed by atoms with Gasteiger partial charge in [-0.25, -0.2) is 0 Å². The number of likely N-dealkylation sites (tertiary alicyclic amines) is 1. The fraction of sp³-hybridized carbons (Fsp3) is 0.355. The molecule has 0 aromatic heterocycles. The quantitative estimate of drug-likeness (QED) is 0.285. The van der Waals surface area contributed by atoms with Gasteiger partial charge in [0.25, 0.3) is 5.91 Å². The minimum atomic E-state index is -0.340. The Hall–Kier alpha value is -2.28. The van der Waals surface area contributed by atoms with Gasteiger partial charge in [0.05, 0.1) is 16.1 Å². The second-order valence-electron chi connectivity index (χ2n) is 10.6. The molecule has 9 heteroatoms. The van der Waals surface area contributed by atoms with E-state index in [2.05, 4.69) is 29.2 Å². The molecule has 0 aliphatic carbocycles. The lowest BCUT2D eigenvalue weighted by Crippen LogP contribution is -2.52. The third kappa shape index (κ3) is 7.13. The molecular formula is C31H31Cl4N3O2. The van der Waals surface area contributed by atoms with Crippen LogP contribution in [-0.2, 0) is 11.3 Å². The van der Waals surface area contributed by atoms with Gasteiger partial charge in [-0.15, -0.1) is 0 Å². The number of piperidine rings is 1. The van der Waals surface area contributed by atoms with E-state index < -0.39 is 0 Å². The van der Waals surface area contributed by atoms with Gasteiger partial charge in [-0.05, 0) is 73.3 Å². The Labute approximate surface area is 255 Å². The Morgan fingerprint density at radius 1 is 0.775 bits per heavy atom. The molecule has 210 valence electrons. The fourth-order valence-electron chi connectivity index (χ4n) is 5.69. The van der Waals surface area contributed by atoms with Crippen LogP contribution < -0.4 is 0 Å². The highest BCUT2D eigenvalue weighted by Gasteiger charge is 2.35. The summed E-state index contributed by atoms with van der Waals surface area (Å²) in [5, 5.41) is 1.67. The molecule has 0 radical (unpaired) electrons. The normalized spacial score (nSPS) is 18.6. The van der Waals surface area contributed by atoms with Gasteiger partial charge in [0.15, 0.2) is 0 Å². The SMILES string of the molecule is O=C(c1cc(Cl)cc(Cl)c1)N1CCN(C(=O)CC2CCN(Cc3ccccc3)CC2)C(c2ccc(Cl)c(Cl)c2)C1.